The van der Waals surface area contributed by atoms with Gasteiger partial charge < -0.3 is 25.8 Å². The number of carbonyl (C=O) groups excluding carboxylic acids is 1. The van der Waals surface area contributed by atoms with Crippen LogP contribution in [-0.2, 0) is 9.53 Å². The van der Waals surface area contributed by atoms with Gasteiger partial charge in [0.15, 0.2) is 6.61 Å². The third-order valence-electron chi connectivity index (χ3n) is 3.62. The lowest BCUT2D eigenvalue weighted by Gasteiger charge is -2.20. The average Bonchev–Trinajstić information content (AvgIpc) is 3.27. The molecule has 0 radical (unpaired) electrons. The quantitative estimate of drug-likeness (QED) is 0.527. The molecule has 6 nitrogen and oxygen atoms in total. The number of rotatable bonds is 7. The zero-order chi connectivity index (χ0) is 14.7. The topological polar surface area (TPSA) is 85.6 Å². The summed E-state index contributed by atoms with van der Waals surface area (Å²) in [6.45, 7) is 2.47. The van der Waals surface area contributed by atoms with Crippen LogP contribution in [0.15, 0.2) is 12.1 Å². The van der Waals surface area contributed by atoms with E-state index in [1.165, 1.54) is 12.8 Å². The maximum Gasteiger partial charge on any atom is 0.262 e. The summed E-state index contributed by atoms with van der Waals surface area (Å²) in [4.78, 5) is 11.3. The molecule has 1 aliphatic carbocycles. The van der Waals surface area contributed by atoms with Crippen molar-refractivity contribution in [1.29, 1.82) is 0 Å². The van der Waals surface area contributed by atoms with Crippen LogP contribution in [0.4, 0.5) is 17.1 Å². The molecule has 0 unspecified atom stereocenters. The van der Waals surface area contributed by atoms with Crippen molar-refractivity contribution < 1.29 is 14.3 Å². The smallest absolute Gasteiger partial charge is 0.262 e. The maximum atomic E-state index is 11.3. The van der Waals surface area contributed by atoms with E-state index in [1.54, 1.807) is 6.07 Å². The number of amides is 1. The lowest BCUT2D eigenvalue weighted by atomic mass is 10.2. The van der Waals surface area contributed by atoms with Crippen molar-refractivity contribution in [3.8, 4) is 5.75 Å². The number of hydrogen-bond acceptors (Lipinski definition) is 5. The van der Waals surface area contributed by atoms with Gasteiger partial charge in [-0.25, -0.2) is 0 Å². The first kappa shape index (κ1) is 14.0. The highest BCUT2D eigenvalue weighted by Crippen LogP contribution is 2.35. The summed E-state index contributed by atoms with van der Waals surface area (Å²) >= 11 is 0. The van der Waals surface area contributed by atoms with Crippen LogP contribution >= 0.6 is 0 Å². The summed E-state index contributed by atoms with van der Waals surface area (Å²) in [5.74, 6) is 1.27. The zero-order valence-electron chi connectivity index (χ0n) is 12.0. The Morgan fingerprint density at radius 1 is 1.43 bits per heavy atom. The van der Waals surface area contributed by atoms with E-state index in [0.29, 0.717) is 17.1 Å². The molecule has 1 amide bonds. The first-order chi connectivity index (χ1) is 10.2. The molecule has 4 N–H and O–H groups in total. The number of ether oxygens (including phenoxy) is 2. The van der Waals surface area contributed by atoms with Crippen molar-refractivity contribution in [3.63, 3.8) is 0 Å². The largest absolute Gasteiger partial charge is 0.482 e. The van der Waals surface area contributed by atoms with Crippen molar-refractivity contribution in [2.45, 2.75) is 19.3 Å². The molecule has 0 aromatic heterocycles. The van der Waals surface area contributed by atoms with Gasteiger partial charge in [-0.3, -0.25) is 4.79 Å². The van der Waals surface area contributed by atoms with Gasteiger partial charge in [0.2, 0.25) is 0 Å². The van der Waals surface area contributed by atoms with Gasteiger partial charge in [-0.1, -0.05) is 0 Å². The molecule has 2 aliphatic rings. The molecule has 0 saturated heterocycles. The average molecular weight is 291 g/mol. The van der Waals surface area contributed by atoms with Gasteiger partial charge in [-0.15, -0.1) is 0 Å². The molecular weight excluding hydrogens is 270 g/mol. The van der Waals surface area contributed by atoms with Crippen LogP contribution in [0.5, 0.6) is 5.75 Å². The fourth-order valence-corrected chi connectivity index (χ4v) is 2.23. The Kier molecular flexibility index (Phi) is 4.15. The minimum Gasteiger partial charge on any atom is -0.482 e. The molecule has 3 rings (SSSR count). The van der Waals surface area contributed by atoms with E-state index in [1.807, 2.05) is 6.07 Å². The fourth-order valence-electron chi connectivity index (χ4n) is 2.23. The number of benzene rings is 1. The molecule has 6 heteroatoms. The second kappa shape index (κ2) is 6.22. The second-order valence-corrected chi connectivity index (χ2v) is 5.57. The van der Waals surface area contributed by atoms with Gasteiger partial charge in [0.25, 0.3) is 5.91 Å². The monoisotopic (exact) mass is 291 g/mol. The standard InChI is InChI=1S/C15H21N3O3/c16-11-6-14-13(18-15(19)9-21-14)7-12(11)17-4-1-5-20-8-10-2-3-10/h6-7,10,17H,1-5,8-9,16H2,(H,18,19). The highest BCUT2D eigenvalue weighted by atomic mass is 16.5. The van der Waals surface area contributed by atoms with E-state index in [9.17, 15) is 4.79 Å². The third-order valence-corrected chi connectivity index (χ3v) is 3.62. The number of nitrogens with one attached hydrogen (secondary N) is 2. The highest BCUT2D eigenvalue weighted by molar-refractivity contribution is 5.97. The van der Waals surface area contributed by atoms with E-state index < -0.39 is 0 Å². The Morgan fingerprint density at radius 2 is 2.29 bits per heavy atom. The van der Waals surface area contributed by atoms with Gasteiger partial charge in [0.05, 0.1) is 17.1 Å². The summed E-state index contributed by atoms with van der Waals surface area (Å²) in [6.07, 6.45) is 3.56. The number of carbonyl (C=O) groups is 1. The molecule has 1 aromatic carbocycles. The van der Waals surface area contributed by atoms with Crippen LogP contribution in [-0.4, -0.2) is 32.3 Å². The van der Waals surface area contributed by atoms with Crippen molar-refractivity contribution in [2.75, 3.05) is 42.7 Å². The van der Waals surface area contributed by atoms with E-state index in [0.717, 1.165) is 37.8 Å². The molecule has 1 heterocycles. The van der Waals surface area contributed by atoms with Gasteiger partial charge in [-0.05, 0) is 31.2 Å². The SMILES string of the molecule is Nc1cc2c(cc1NCCCOCC1CC1)NC(=O)CO2. The molecule has 1 aliphatic heterocycles. The Hall–Kier alpha value is -1.95. The molecule has 1 saturated carbocycles. The Morgan fingerprint density at radius 3 is 3.10 bits per heavy atom. The van der Waals surface area contributed by atoms with Crippen molar-refractivity contribution in [3.05, 3.63) is 12.1 Å². The van der Waals surface area contributed by atoms with Gasteiger partial charge in [-0.2, -0.15) is 0 Å². The van der Waals surface area contributed by atoms with Gasteiger partial charge in [0, 0.05) is 25.8 Å². The molecule has 0 atom stereocenters. The minimum absolute atomic E-state index is 0.0392. The summed E-state index contributed by atoms with van der Waals surface area (Å²) in [5, 5.41) is 6.04. The first-order valence-electron chi connectivity index (χ1n) is 7.40. The molecule has 1 aromatic rings. The van der Waals surface area contributed by atoms with Crippen LogP contribution in [0.3, 0.4) is 0 Å². The number of fused-ring (bicyclic) bond motifs is 1. The Balaban J connectivity index is 1.47. The predicted octanol–water partition coefficient (Wildman–Crippen LogP) is 1.83. The lowest BCUT2D eigenvalue weighted by Crippen LogP contribution is -2.25. The molecule has 1 fully saturated rings. The maximum absolute atomic E-state index is 11.3. The number of hydrogen-bond donors (Lipinski definition) is 3. The third kappa shape index (κ3) is 3.78. The van der Waals surface area contributed by atoms with Crippen molar-refractivity contribution >= 4 is 23.0 Å². The van der Waals surface area contributed by atoms with Crippen LogP contribution < -0.4 is 21.1 Å². The molecule has 0 bridgehead atoms. The number of nitrogens with two attached hydrogens (primary N) is 1. The van der Waals surface area contributed by atoms with Gasteiger partial charge >= 0.3 is 0 Å². The van der Waals surface area contributed by atoms with E-state index in [4.69, 9.17) is 15.2 Å². The molecule has 21 heavy (non-hydrogen) atoms. The van der Waals surface area contributed by atoms with E-state index >= 15 is 0 Å². The van der Waals surface area contributed by atoms with E-state index in [-0.39, 0.29) is 12.5 Å². The summed E-state index contributed by atoms with van der Waals surface area (Å²) in [5.41, 5.74) is 8.06. The van der Waals surface area contributed by atoms with Gasteiger partial charge in [0.1, 0.15) is 5.75 Å². The first-order valence-corrected chi connectivity index (χ1v) is 7.40. The van der Waals surface area contributed by atoms with Crippen LogP contribution in [0.2, 0.25) is 0 Å². The van der Waals surface area contributed by atoms with Crippen LogP contribution in [0.25, 0.3) is 0 Å². The highest BCUT2D eigenvalue weighted by Gasteiger charge is 2.21. The normalized spacial score (nSPS) is 16.9. The minimum atomic E-state index is -0.147. The van der Waals surface area contributed by atoms with Crippen molar-refractivity contribution in [2.24, 2.45) is 5.92 Å². The molecule has 0 spiro atoms. The summed E-state index contributed by atoms with van der Waals surface area (Å²) < 4.78 is 10.9. The van der Waals surface area contributed by atoms with Crippen molar-refractivity contribution in [1.82, 2.24) is 0 Å². The van der Waals surface area contributed by atoms with Crippen LogP contribution in [0.1, 0.15) is 19.3 Å². The molecular formula is C15H21N3O3. The predicted molar refractivity (Wildman–Crippen MR) is 81.6 cm³/mol. The number of anilines is 3. The summed E-state index contributed by atoms with van der Waals surface area (Å²) in [7, 11) is 0. The Labute approximate surface area is 124 Å². The van der Waals surface area contributed by atoms with Crippen LogP contribution in [0, 0.1) is 5.92 Å². The Bertz CT molecular complexity index is 529. The fraction of sp³-hybridized carbons (Fsp3) is 0.533. The summed E-state index contributed by atoms with van der Waals surface area (Å²) in [6, 6.07) is 3.55. The number of nitrogen functional groups attached to an aromatic ring is 1. The van der Waals surface area contributed by atoms with E-state index in [2.05, 4.69) is 10.6 Å². The zero-order valence-corrected chi connectivity index (χ0v) is 12.0. The molecule has 114 valence electrons. The second-order valence-electron chi connectivity index (χ2n) is 5.57. The lowest BCUT2D eigenvalue weighted by molar-refractivity contribution is -0.118.